The molecule has 0 radical (unpaired) electrons. The monoisotopic (exact) mass is 299 g/mol. The number of nitrogens with zero attached hydrogens (tertiary/aromatic N) is 1. The fourth-order valence-electron chi connectivity index (χ4n) is 2.18. The van der Waals surface area contributed by atoms with Gasteiger partial charge in [0.2, 0.25) is 0 Å². The molecular formula is C16H13NO3S. The van der Waals surface area contributed by atoms with E-state index in [9.17, 15) is 9.59 Å². The summed E-state index contributed by atoms with van der Waals surface area (Å²) in [6.07, 6.45) is 0. The molecule has 0 saturated heterocycles. The second kappa shape index (κ2) is 5.18. The minimum absolute atomic E-state index is 0.0466. The molecule has 1 aromatic heterocycles. The Morgan fingerprint density at radius 2 is 1.81 bits per heavy atom. The lowest BCUT2D eigenvalue weighted by atomic mass is 10.0. The highest BCUT2D eigenvalue weighted by molar-refractivity contribution is 7.14. The van der Waals surface area contributed by atoms with Crippen LogP contribution in [-0.2, 0) is 4.79 Å². The largest absolute Gasteiger partial charge is 0.481 e. The standard InChI is InChI=1S/C16H13NO3S/c1-10(16(19)20)11-6-8-12(9-7-11)17-15(18)13-4-2-3-5-14(13)21-17/h2-10H,1H3,(H,19,20). The third kappa shape index (κ3) is 2.36. The number of hydrogen-bond acceptors (Lipinski definition) is 3. The summed E-state index contributed by atoms with van der Waals surface area (Å²) in [7, 11) is 0. The minimum Gasteiger partial charge on any atom is -0.481 e. The van der Waals surface area contributed by atoms with E-state index in [0.29, 0.717) is 5.39 Å². The Balaban J connectivity index is 2.05. The van der Waals surface area contributed by atoms with Gasteiger partial charge in [-0.15, -0.1) is 0 Å². The van der Waals surface area contributed by atoms with Crippen molar-refractivity contribution in [3.63, 3.8) is 0 Å². The van der Waals surface area contributed by atoms with Crippen LogP contribution in [0.3, 0.4) is 0 Å². The first-order valence-corrected chi connectivity index (χ1v) is 7.29. The Morgan fingerprint density at radius 1 is 1.14 bits per heavy atom. The molecule has 1 unspecified atom stereocenters. The van der Waals surface area contributed by atoms with Gasteiger partial charge in [-0.2, -0.15) is 0 Å². The number of rotatable bonds is 3. The molecule has 0 spiro atoms. The van der Waals surface area contributed by atoms with Crippen molar-refractivity contribution < 1.29 is 9.90 Å². The summed E-state index contributed by atoms with van der Waals surface area (Å²) in [5, 5.41) is 9.71. The van der Waals surface area contributed by atoms with Gasteiger partial charge < -0.3 is 5.11 Å². The number of aliphatic carboxylic acids is 1. The lowest BCUT2D eigenvalue weighted by Crippen LogP contribution is -2.11. The van der Waals surface area contributed by atoms with Crippen molar-refractivity contribution in [1.29, 1.82) is 0 Å². The van der Waals surface area contributed by atoms with E-state index in [1.165, 1.54) is 11.5 Å². The molecule has 1 N–H and O–H groups in total. The quantitative estimate of drug-likeness (QED) is 0.807. The Labute approximate surface area is 125 Å². The van der Waals surface area contributed by atoms with Gasteiger partial charge in [0.15, 0.2) is 0 Å². The Bertz CT molecular complexity index is 861. The zero-order chi connectivity index (χ0) is 15.0. The van der Waals surface area contributed by atoms with Crippen molar-refractivity contribution in [3.8, 4) is 5.69 Å². The van der Waals surface area contributed by atoms with E-state index >= 15 is 0 Å². The van der Waals surface area contributed by atoms with Crippen LogP contribution in [0.2, 0.25) is 0 Å². The molecule has 0 aliphatic carbocycles. The van der Waals surface area contributed by atoms with Gasteiger partial charge in [0.1, 0.15) is 0 Å². The molecule has 3 aromatic rings. The maximum absolute atomic E-state index is 12.3. The minimum atomic E-state index is -0.859. The van der Waals surface area contributed by atoms with Crippen LogP contribution in [0.4, 0.5) is 0 Å². The molecule has 0 amide bonds. The van der Waals surface area contributed by atoms with E-state index in [4.69, 9.17) is 5.11 Å². The zero-order valence-electron chi connectivity index (χ0n) is 11.3. The first-order valence-electron chi connectivity index (χ1n) is 6.52. The molecule has 0 bridgehead atoms. The zero-order valence-corrected chi connectivity index (χ0v) is 12.1. The van der Waals surface area contributed by atoms with Crippen molar-refractivity contribution in [3.05, 3.63) is 64.4 Å². The van der Waals surface area contributed by atoms with Crippen LogP contribution in [0.15, 0.2) is 53.3 Å². The highest BCUT2D eigenvalue weighted by Crippen LogP contribution is 2.22. The molecule has 4 nitrogen and oxygen atoms in total. The molecule has 106 valence electrons. The summed E-state index contributed by atoms with van der Waals surface area (Å²) in [5.41, 5.74) is 1.43. The summed E-state index contributed by atoms with van der Waals surface area (Å²) in [6.45, 7) is 1.64. The molecule has 0 aliphatic heterocycles. The van der Waals surface area contributed by atoms with Crippen LogP contribution >= 0.6 is 11.5 Å². The summed E-state index contributed by atoms with van der Waals surface area (Å²) in [5.74, 6) is -1.42. The van der Waals surface area contributed by atoms with Crippen LogP contribution in [0.1, 0.15) is 18.4 Å². The van der Waals surface area contributed by atoms with Crippen molar-refractivity contribution in [2.45, 2.75) is 12.8 Å². The molecule has 1 atom stereocenters. The van der Waals surface area contributed by atoms with E-state index in [1.54, 1.807) is 35.1 Å². The van der Waals surface area contributed by atoms with Crippen LogP contribution in [0.25, 0.3) is 15.8 Å². The molecule has 3 rings (SSSR count). The van der Waals surface area contributed by atoms with Gasteiger partial charge >= 0.3 is 5.97 Å². The first-order chi connectivity index (χ1) is 10.1. The van der Waals surface area contributed by atoms with Crippen LogP contribution < -0.4 is 5.56 Å². The molecule has 2 aromatic carbocycles. The molecule has 21 heavy (non-hydrogen) atoms. The van der Waals surface area contributed by atoms with Crippen LogP contribution in [-0.4, -0.2) is 15.0 Å². The number of aromatic nitrogens is 1. The van der Waals surface area contributed by atoms with E-state index < -0.39 is 11.9 Å². The van der Waals surface area contributed by atoms with Crippen LogP contribution in [0.5, 0.6) is 0 Å². The average molecular weight is 299 g/mol. The Hall–Kier alpha value is -2.40. The van der Waals surface area contributed by atoms with Crippen molar-refractivity contribution >= 4 is 27.6 Å². The van der Waals surface area contributed by atoms with Crippen molar-refractivity contribution in [1.82, 2.24) is 3.96 Å². The number of fused-ring (bicyclic) bond motifs is 1. The number of carboxylic acids is 1. The van der Waals surface area contributed by atoms with Gasteiger partial charge in [0.05, 0.1) is 21.7 Å². The topological polar surface area (TPSA) is 59.3 Å². The van der Waals surface area contributed by atoms with Gasteiger partial charge in [-0.25, -0.2) is 3.96 Å². The summed E-state index contributed by atoms with van der Waals surface area (Å²) in [4.78, 5) is 23.3. The summed E-state index contributed by atoms with van der Waals surface area (Å²) < 4.78 is 2.56. The third-order valence-electron chi connectivity index (χ3n) is 3.49. The first kappa shape index (κ1) is 13.6. The molecule has 0 fully saturated rings. The smallest absolute Gasteiger partial charge is 0.310 e. The molecular weight excluding hydrogens is 286 g/mol. The number of carbonyl (C=O) groups is 1. The third-order valence-corrected chi connectivity index (χ3v) is 4.60. The van der Waals surface area contributed by atoms with E-state index in [2.05, 4.69) is 0 Å². The number of hydrogen-bond donors (Lipinski definition) is 1. The summed E-state index contributed by atoms with van der Waals surface area (Å²) >= 11 is 1.39. The number of benzene rings is 2. The van der Waals surface area contributed by atoms with Gasteiger partial charge in [-0.1, -0.05) is 35.8 Å². The second-order valence-electron chi connectivity index (χ2n) is 4.84. The fourth-order valence-corrected chi connectivity index (χ4v) is 3.18. The molecule has 0 saturated carbocycles. The average Bonchev–Trinajstić information content (AvgIpc) is 2.84. The van der Waals surface area contributed by atoms with Gasteiger partial charge in [0, 0.05) is 0 Å². The van der Waals surface area contributed by atoms with Crippen molar-refractivity contribution in [2.75, 3.05) is 0 Å². The molecule has 5 heteroatoms. The van der Waals surface area contributed by atoms with Gasteiger partial charge in [0.25, 0.3) is 5.56 Å². The van der Waals surface area contributed by atoms with Gasteiger partial charge in [-0.05, 0) is 36.8 Å². The molecule has 0 aliphatic rings. The van der Waals surface area contributed by atoms with Crippen molar-refractivity contribution in [2.24, 2.45) is 0 Å². The van der Waals surface area contributed by atoms with Crippen LogP contribution in [0, 0.1) is 0 Å². The van der Waals surface area contributed by atoms with E-state index in [-0.39, 0.29) is 5.56 Å². The predicted octanol–water partition coefficient (Wildman–Crippen LogP) is 3.24. The fraction of sp³-hybridized carbons (Fsp3) is 0.125. The second-order valence-corrected chi connectivity index (χ2v) is 5.83. The van der Waals surface area contributed by atoms with E-state index in [1.807, 2.05) is 24.3 Å². The highest BCUT2D eigenvalue weighted by atomic mass is 32.1. The SMILES string of the molecule is CC(C(=O)O)c1ccc(-n2sc3ccccc3c2=O)cc1. The maximum Gasteiger partial charge on any atom is 0.310 e. The predicted molar refractivity (Wildman–Crippen MR) is 83.5 cm³/mol. The Kier molecular flexibility index (Phi) is 3.35. The van der Waals surface area contributed by atoms with E-state index in [0.717, 1.165) is 16.0 Å². The Morgan fingerprint density at radius 3 is 2.43 bits per heavy atom. The maximum atomic E-state index is 12.3. The number of carboxylic acid groups (broad SMARTS) is 1. The highest BCUT2D eigenvalue weighted by Gasteiger charge is 2.14. The lowest BCUT2D eigenvalue weighted by molar-refractivity contribution is -0.138. The lowest BCUT2D eigenvalue weighted by Gasteiger charge is -2.07. The summed E-state index contributed by atoms with van der Waals surface area (Å²) in [6, 6.07) is 14.6. The normalized spacial score (nSPS) is 12.4. The molecule has 1 heterocycles. The van der Waals surface area contributed by atoms with Gasteiger partial charge in [-0.3, -0.25) is 9.59 Å².